The van der Waals surface area contributed by atoms with Gasteiger partial charge in [-0.1, -0.05) is 0 Å². The van der Waals surface area contributed by atoms with Gasteiger partial charge in [-0.15, -0.1) is 0 Å². The van der Waals surface area contributed by atoms with Crippen LogP contribution in [0.4, 0.5) is 0 Å². The first-order valence-corrected chi connectivity index (χ1v) is 13.8. The van der Waals surface area contributed by atoms with E-state index in [1.807, 2.05) is 6.66 Å². The second kappa shape index (κ2) is 5.37. The van der Waals surface area contributed by atoms with Crippen LogP contribution in [-0.2, 0) is 20.0 Å². The van der Waals surface area contributed by atoms with Gasteiger partial charge < -0.3 is 24.8 Å². The van der Waals surface area contributed by atoms with E-state index >= 15 is 0 Å². The van der Waals surface area contributed by atoms with Crippen molar-refractivity contribution in [2.75, 3.05) is 0 Å². The van der Waals surface area contributed by atoms with Crippen molar-refractivity contribution in [2.24, 2.45) is 0 Å². The normalized spacial score (nSPS) is 25.9. The predicted molar refractivity (Wildman–Crippen MR) is 57.9 cm³/mol. The van der Waals surface area contributed by atoms with Crippen molar-refractivity contribution >= 4 is 0 Å². The Hall–Kier alpha value is 0.410. The molecule has 0 aromatic heterocycles. The first-order valence-electron chi connectivity index (χ1n) is 5.56. The van der Waals surface area contributed by atoms with E-state index in [1.165, 1.54) is 12.8 Å². The average Bonchev–Trinajstić information content (AvgIpc) is 2.78. The van der Waals surface area contributed by atoms with Crippen LogP contribution in [0.1, 0.15) is 19.8 Å². The molecule has 2 aliphatic carbocycles. The molecule has 16 heavy (non-hydrogen) atoms. The number of allylic oxidation sites excluding steroid dienone is 8. The number of hydrogen-bond acceptors (Lipinski definition) is 0. The van der Waals surface area contributed by atoms with E-state index in [0.29, 0.717) is 0 Å². The van der Waals surface area contributed by atoms with Crippen molar-refractivity contribution in [3.05, 3.63) is 43.1 Å². The molecule has 0 nitrogen and oxygen atoms in total. The first kappa shape index (κ1) is 14.5. The van der Waals surface area contributed by atoms with Crippen molar-refractivity contribution in [3.63, 3.8) is 0 Å². The van der Waals surface area contributed by atoms with Gasteiger partial charge in [0.15, 0.2) is 0 Å². The van der Waals surface area contributed by atoms with Gasteiger partial charge in [0.2, 0.25) is 0 Å². The molecule has 0 amide bonds. The summed E-state index contributed by atoms with van der Waals surface area (Å²) in [7, 11) is 0. The van der Waals surface area contributed by atoms with Crippen molar-refractivity contribution in [1.82, 2.24) is 0 Å². The summed E-state index contributed by atoms with van der Waals surface area (Å²) in [6, 6.07) is 0. The zero-order valence-corrected chi connectivity index (χ0v) is 14.5. The van der Waals surface area contributed by atoms with Gasteiger partial charge in [-0.05, 0) is 0 Å². The molecule has 0 radical (unpaired) electrons. The molecule has 1 fully saturated rings. The summed E-state index contributed by atoms with van der Waals surface area (Å²) >= 11 is -2.03. The van der Waals surface area contributed by atoms with Gasteiger partial charge in [0.1, 0.15) is 0 Å². The van der Waals surface area contributed by atoms with Crippen molar-refractivity contribution in [1.29, 1.82) is 0 Å². The Bertz CT molecular complexity index is 361. The summed E-state index contributed by atoms with van der Waals surface area (Å²) in [6.45, 7) is 2.49. The summed E-state index contributed by atoms with van der Waals surface area (Å²) in [5.74, 6) is 0. The van der Waals surface area contributed by atoms with Gasteiger partial charge in [-0.2, -0.15) is 0 Å². The molecule has 0 bridgehead atoms. The molecule has 1 aliphatic heterocycles. The molecule has 3 heteroatoms. The summed E-state index contributed by atoms with van der Waals surface area (Å²) < 4.78 is 6.42. The Kier molecular flexibility index (Phi) is 4.86. The monoisotopic (exact) mass is 422 g/mol. The topological polar surface area (TPSA) is 0 Å². The maximum Gasteiger partial charge on any atom is -1.00 e. The Morgan fingerprint density at radius 3 is 1.69 bits per heavy atom. The summed E-state index contributed by atoms with van der Waals surface area (Å²) in [6.07, 6.45) is 16.6. The zero-order chi connectivity index (χ0) is 9.60. The fourth-order valence-corrected chi connectivity index (χ4v) is 26.3. The molecule has 1 saturated heterocycles. The van der Waals surface area contributed by atoms with Crippen molar-refractivity contribution < 1.29 is 44.8 Å². The quantitative estimate of drug-likeness (QED) is 0.456. The van der Waals surface area contributed by atoms with E-state index in [9.17, 15) is 0 Å². The van der Waals surface area contributed by atoms with Gasteiger partial charge in [0.05, 0.1) is 0 Å². The Morgan fingerprint density at radius 1 is 1.00 bits per heavy atom. The number of hydrogen-bond donors (Lipinski definition) is 0. The molecule has 86 valence electrons. The Morgan fingerprint density at radius 2 is 1.44 bits per heavy atom. The summed E-state index contributed by atoms with van der Waals surface area (Å²) in [4.78, 5) is 0. The minimum absolute atomic E-state index is 0. The second-order valence-corrected chi connectivity index (χ2v) is 21.3. The smallest absolute Gasteiger partial charge is 1.00 e. The molecule has 3 rings (SSSR count). The number of halogens is 2. The molecule has 0 aromatic carbocycles. The minimum Gasteiger partial charge on any atom is -1.00 e. The van der Waals surface area contributed by atoms with Crippen LogP contribution in [0.15, 0.2) is 43.1 Å². The van der Waals surface area contributed by atoms with Crippen LogP contribution >= 0.6 is 0 Å². The van der Waals surface area contributed by atoms with Crippen LogP contribution in [0.25, 0.3) is 0 Å². The van der Waals surface area contributed by atoms with Gasteiger partial charge in [0, 0.05) is 0 Å². The van der Waals surface area contributed by atoms with Gasteiger partial charge in [0.25, 0.3) is 0 Å². The summed E-state index contributed by atoms with van der Waals surface area (Å²) in [5.41, 5.74) is 0. The minimum atomic E-state index is -2.03. The molecular formula is C13H16Cl2Hf. The largest absolute Gasteiger partial charge is 1.00 e. The van der Waals surface area contributed by atoms with E-state index in [-0.39, 0.29) is 24.8 Å². The third-order valence-corrected chi connectivity index (χ3v) is 24.3. The van der Waals surface area contributed by atoms with Gasteiger partial charge in [-0.25, -0.2) is 0 Å². The molecule has 0 spiro atoms. The molecule has 0 saturated carbocycles. The fourth-order valence-electron chi connectivity index (χ4n) is 3.08. The zero-order valence-electron chi connectivity index (χ0n) is 9.42. The van der Waals surface area contributed by atoms with Crippen LogP contribution in [0, 0.1) is 0 Å². The molecule has 1 atom stereocenters. The molecular weight excluding hydrogens is 406 g/mol. The van der Waals surface area contributed by atoms with Crippen LogP contribution in [-0.4, -0.2) is 0 Å². The van der Waals surface area contributed by atoms with E-state index in [4.69, 9.17) is 0 Å². The van der Waals surface area contributed by atoms with Crippen molar-refractivity contribution in [3.8, 4) is 0 Å². The standard InChI is InChI=1S/2C5H5.C3H6.2ClH.Hf/c2*1-2-4-5-3-1;1-3-2;;;/h2*1-3H,4H2;3H,1H2,2H3;2*1H;/q;;;;;+2/p-2. The van der Waals surface area contributed by atoms with Crippen LogP contribution < -0.4 is 24.8 Å². The van der Waals surface area contributed by atoms with Crippen LogP contribution in [0.5, 0.6) is 0 Å². The predicted octanol–water partition coefficient (Wildman–Crippen LogP) is -1.92. The van der Waals surface area contributed by atoms with E-state index < -0.39 is 20.0 Å². The van der Waals surface area contributed by atoms with Crippen LogP contribution in [0.3, 0.4) is 0 Å². The maximum atomic E-state index is 2.49. The molecule has 1 unspecified atom stereocenters. The first-order chi connectivity index (χ1) is 6.84. The third kappa shape index (κ3) is 2.07. The molecule has 0 aromatic rings. The van der Waals surface area contributed by atoms with Gasteiger partial charge >= 0.3 is 90.7 Å². The van der Waals surface area contributed by atoms with E-state index in [0.717, 1.165) is 3.67 Å². The average molecular weight is 422 g/mol. The van der Waals surface area contributed by atoms with Crippen LogP contribution in [0.2, 0.25) is 7.85 Å². The maximum absolute atomic E-state index is 2.49. The van der Waals surface area contributed by atoms with E-state index in [1.54, 1.807) is 4.18 Å². The number of rotatable bonds is 2. The van der Waals surface area contributed by atoms with Crippen molar-refractivity contribution in [2.45, 2.75) is 27.6 Å². The van der Waals surface area contributed by atoms with Gasteiger partial charge in [-0.3, -0.25) is 0 Å². The van der Waals surface area contributed by atoms with E-state index in [2.05, 4.69) is 43.4 Å². The molecule has 0 N–H and O–H groups in total. The molecule has 3 aliphatic rings. The Balaban J connectivity index is 0.000000640. The Labute approximate surface area is 115 Å². The second-order valence-electron chi connectivity index (χ2n) is 4.72. The third-order valence-electron chi connectivity index (χ3n) is 4.00. The SMILES string of the molecule is C[CH]1[CH2][Hf+2]1([C]1=CC=CC1)[C]1=CC=CC1.[Cl-].[Cl-]. The summed E-state index contributed by atoms with van der Waals surface area (Å²) in [5, 5.41) is 0. The molecule has 1 heterocycles. The fraction of sp³-hybridized carbons (Fsp3) is 0.385.